The molecule has 0 saturated carbocycles. The van der Waals surface area contributed by atoms with E-state index in [4.69, 9.17) is 0 Å². The number of benzene rings is 2. The first-order valence-corrected chi connectivity index (χ1v) is 10.7. The van der Waals surface area contributed by atoms with Crippen LogP contribution in [0.25, 0.3) is 28.2 Å². The number of nitrogens with zero attached hydrogens (tertiary/aromatic N) is 1. The maximum absolute atomic E-state index is 13.3. The number of amides is 1. The number of ketones is 1. The van der Waals surface area contributed by atoms with Gasteiger partial charge in [0, 0.05) is 17.5 Å². The number of rotatable bonds is 3. The van der Waals surface area contributed by atoms with Gasteiger partial charge >= 0.3 is 0 Å². The van der Waals surface area contributed by atoms with E-state index in [2.05, 4.69) is 15.5 Å². The minimum Gasteiger partial charge on any atom is -0.506 e. The fraction of sp³-hybridized carbons (Fsp3) is 0.120. The number of Topliss-reactive ketones (excluding diaryl/α,β-unsaturated/α-hetero) is 1. The van der Waals surface area contributed by atoms with E-state index in [-0.39, 0.29) is 28.1 Å². The highest BCUT2D eigenvalue weighted by Gasteiger charge is 2.31. The number of carbonyl (C=O) groups is 2. The van der Waals surface area contributed by atoms with Crippen molar-refractivity contribution in [1.82, 2.24) is 14.8 Å². The third-order valence-electron chi connectivity index (χ3n) is 6.06. The van der Waals surface area contributed by atoms with Gasteiger partial charge in [0.05, 0.1) is 28.0 Å². The van der Waals surface area contributed by atoms with E-state index in [0.717, 1.165) is 11.6 Å². The third-order valence-corrected chi connectivity index (χ3v) is 6.06. The lowest BCUT2D eigenvalue weighted by Gasteiger charge is -2.20. The van der Waals surface area contributed by atoms with Crippen molar-refractivity contribution < 1.29 is 14.7 Å². The Bertz CT molecular complexity index is 1670. The highest BCUT2D eigenvalue weighted by atomic mass is 16.3. The van der Waals surface area contributed by atoms with E-state index in [1.165, 1.54) is 4.57 Å². The normalized spacial score (nSPS) is 14.5. The molecule has 9 nitrogen and oxygen atoms in total. The number of pyridine rings is 1. The van der Waals surface area contributed by atoms with Gasteiger partial charge in [-0.15, -0.1) is 0 Å². The van der Waals surface area contributed by atoms with Crippen molar-refractivity contribution >= 4 is 34.4 Å². The smallest absolute Gasteiger partial charge is 0.271 e. The summed E-state index contributed by atoms with van der Waals surface area (Å²) >= 11 is 0. The van der Waals surface area contributed by atoms with Gasteiger partial charge in [-0.2, -0.15) is 0 Å². The molecule has 2 aromatic heterocycles. The zero-order valence-corrected chi connectivity index (χ0v) is 18.4. The first-order valence-electron chi connectivity index (χ1n) is 10.7. The average molecular weight is 456 g/mol. The Balaban J connectivity index is 1.75. The molecule has 1 aliphatic rings. The van der Waals surface area contributed by atoms with Crippen LogP contribution in [0.2, 0.25) is 0 Å². The molecular weight excluding hydrogens is 436 g/mol. The van der Waals surface area contributed by atoms with Crippen LogP contribution in [0.1, 0.15) is 28.4 Å². The first-order chi connectivity index (χ1) is 16.3. The number of carbonyl (C=O) groups excluding carboxylic acids is 2. The molecule has 5 rings (SSSR count). The Hall–Kier alpha value is -4.66. The van der Waals surface area contributed by atoms with E-state index >= 15 is 0 Å². The lowest BCUT2D eigenvalue weighted by molar-refractivity contribution is -0.112. The molecule has 1 amide bonds. The number of para-hydroxylation sites is 2. The molecule has 0 radical (unpaired) electrons. The van der Waals surface area contributed by atoms with Crippen molar-refractivity contribution in [3.05, 3.63) is 85.4 Å². The van der Waals surface area contributed by atoms with Crippen molar-refractivity contribution in [2.45, 2.75) is 20.4 Å². The maximum Gasteiger partial charge on any atom is 0.271 e. The topological polar surface area (TPSA) is 137 Å². The summed E-state index contributed by atoms with van der Waals surface area (Å²) in [4.78, 5) is 51.9. The highest BCUT2D eigenvalue weighted by molar-refractivity contribution is 6.36. The number of aromatic hydroxyl groups is 1. The Kier molecular flexibility index (Phi) is 4.82. The molecule has 34 heavy (non-hydrogen) atoms. The molecule has 0 spiro atoms. The fourth-order valence-electron chi connectivity index (χ4n) is 4.36. The number of fused-ring (bicyclic) bond motifs is 2. The molecule has 170 valence electrons. The lowest BCUT2D eigenvalue weighted by Crippen LogP contribution is -2.28. The predicted octanol–water partition coefficient (Wildman–Crippen LogP) is 2.94. The quantitative estimate of drug-likeness (QED) is 0.277. The minimum atomic E-state index is -0.660. The molecule has 2 aromatic carbocycles. The molecule has 0 bridgehead atoms. The molecule has 3 heterocycles. The van der Waals surface area contributed by atoms with Crippen molar-refractivity contribution in [3.63, 3.8) is 0 Å². The molecule has 0 unspecified atom stereocenters. The van der Waals surface area contributed by atoms with Gasteiger partial charge in [0.15, 0.2) is 0 Å². The lowest BCUT2D eigenvalue weighted by atomic mass is 9.93. The van der Waals surface area contributed by atoms with Crippen LogP contribution in [-0.4, -0.2) is 31.6 Å². The Morgan fingerprint density at radius 2 is 1.76 bits per heavy atom. The van der Waals surface area contributed by atoms with Crippen molar-refractivity contribution in [3.8, 4) is 17.0 Å². The summed E-state index contributed by atoms with van der Waals surface area (Å²) in [5.74, 6) is -1.50. The van der Waals surface area contributed by atoms with E-state index in [9.17, 15) is 24.3 Å². The molecular formula is C25H20N4O5. The Morgan fingerprint density at radius 1 is 1.00 bits per heavy atom. The Labute approximate surface area is 192 Å². The summed E-state index contributed by atoms with van der Waals surface area (Å²) in [5, 5.41) is 19.2. The summed E-state index contributed by atoms with van der Waals surface area (Å²) in [6.07, 6.45) is 1.15. The minimum absolute atomic E-state index is 0.0106. The van der Waals surface area contributed by atoms with E-state index in [0.29, 0.717) is 28.7 Å². The van der Waals surface area contributed by atoms with Crippen LogP contribution >= 0.6 is 0 Å². The highest BCUT2D eigenvalue weighted by Crippen LogP contribution is 2.34. The van der Waals surface area contributed by atoms with Crippen LogP contribution in [0.3, 0.4) is 0 Å². The number of hydrogen-bond acceptors (Lipinski definition) is 5. The van der Waals surface area contributed by atoms with Crippen molar-refractivity contribution in [2.75, 3.05) is 5.32 Å². The number of nitrogens with one attached hydrogen (secondary N) is 3. The van der Waals surface area contributed by atoms with Crippen LogP contribution in [0.5, 0.6) is 5.75 Å². The van der Waals surface area contributed by atoms with E-state index < -0.39 is 22.8 Å². The number of H-pyrrole nitrogens is 2. The first kappa shape index (κ1) is 21.2. The maximum atomic E-state index is 13.3. The molecule has 1 aliphatic heterocycles. The third kappa shape index (κ3) is 3.01. The summed E-state index contributed by atoms with van der Waals surface area (Å²) in [6.45, 7) is 3.90. The number of aryl methyl sites for hydroxylation is 2. The van der Waals surface area contributed by atoms with Crippen LogP contribution in [0, 0.1) is 6.92 Å². The Morgan fingerprint density at radius 3 is 2.53 bits per heavy atom. The molecule has 0 aliphatic carbocycles. The standard InChI is InChI=1S/C25H20N4O5/c1-3-29-17-10-5-4-8-13(17)22(31)18(25(29)34)20-15(24(33)28-27-20)11-16-21(30)14-9-6-7-12(2)19(14)26-23(16)32/h4-11,31H,3H2,1-2H3,(H,26,32)(H2,27,28,33). The monoisotopic (exact) mass is 456 g/mol. The van der Waals surface area contributed by atoms with Crippen LogP contribution in [-0.2, 0) is 11.3 Å². The SMILES string of the molecule is CCn1c(=O)c(-c2[nH][nH]c(=O)c2C=C2C(=O)Nc3c(C)cccc3C2=O)c(O)c2ccccc21. The molecule has 0 saturated heterocycles. The number of aromatic amines is 2. The second-order valence-electron chi connectivity index (χ2n) is 8.00. The molecule has 4 aromatic rings. The van der Waals surface area contributed by atoms with Gasteiger partial charge in [-0.1, -0.05) is 24.3 Å². The van der Waals surface area contributed by atoms with Crippen LogP contribution in [0.15, 0.2) is 57.6 Å². The largest absolute Gasteiger partial charge is 0.506 e. The van der Waals surface area contributed by atoms with Gasteiger partial charge in [0.2, 0.25) is 5.78 Å². The molecule has 4 N–H and O–H groups in total. The second kappa shape index (κ2) is 7.73. The van der Waals surface area contributed by atoms with Crippen LogP contribution < -0.4 is 16.4 Å². The molecule has 0 fully saturated rings. The zero-order chi connectivity index (χ0) is 24.1. The van der Waals surface area contributed by atoms with Crippen molar-refractivity contribution in [2.24, 2.45) is 0 Å². The molecule has 0 atom stereocenters. The zero-order valence-electron chi connectivity index (χ0n) is 18.4. The number of anilines is 1. The number of hydrogen-bond donors (Lipinski definition) is 4. The van der Waals surface area contributed by atoms with E-state index in [1.54, 1.807) is 56.3 Å². The molecule has 9 heteroatoms. The second-order valence-corrected chi connectivity index (χ2v) is 8.00. The van der Waals surface area contributed by atoms with Gasteiger partial charge in [0.1, 0.15) is 11.3 Å². The fourth-order valence-corrected chi connectivity index (χ4v) is 4.36. The van der Waals surface area contributed by atoms with Gasteiger partial charge in [0.25, 0.3) is 17.0 Å². The number of aromatic nitrogens is 3. The van der Waals surface area contributed by atoms with Crippen LogP contribution in [0.4, 0.5) is 5.69 Å². The van der Waals surface area contributed by atoms with Gasteiger partial charge in [-0.05, 0) is 43.7 Å². The van der Waals surface area contributed by atoms with Gasteiger partial charge in [-0.25, -0.2) is 0 Å². The summed E-state index contributed by atoms with van der Waals surface area (Å²) < 4.78 is 1.48. The summed E-state index contributed by atoms with van der Waals surface area (Å²) in [5.41, 5.74) is 0.344. The van der Waals surface area contributed by atoms with Gasteiger partial charge < -0.3 is 15.0 Å². The average Bonchev–Trinajstić information content (AvgIpc) is 3.17. The summed E-state index contributed by atoms with van der Waals surface area (Å²) in [6, 6.07) is 11.9. The van der Waals surface area contributed by atoms with E-state index in [1.807, 2.05) is 0 Å². The van der Waals surface area contributed by atoms with Crippen molar-refractivity contribution in [1.29, 1.82) is 0 Å². The summed E-state index contributed by atoms with van der Waals surface area (Å²) in [7, 11) is 0. The van der Waals surface area contributed by atoms with Gasteiger partial charge in [-0.3, -0.25) is 29.4 Å². The predicted molar refractivity (Wildman–Crippen MR) is 128 cm³/mol.